The summed E-state index contributed by atoms with van der Waals surface area (Å²) in [7, 11) is 0. The van der Waals surface area contributed by atoms with Gasteiger partial charge in [0.15, 0.2) is 0 Å². The zero-order valence-electron chi connectivity index (χ0n) is 17.8. The van der Waals surface area contributed by atoms with Gasteiger partial charge >= 0.3 is 18.3 Å². The van der Waals surface area contributed by atoms with Crippen LogP contribution in [0.1, 0.15) is 45.9 Å². The van der Waals surface area contributed by atoms with E-state index in [4.69, 9.17) is 9.52 Å². The number of halogens is 2. The molecule has 34 heavy (non-hydrogen) atoms. The van der Waals surface area contributed by atoms with E-state index >= 15 is 0 Å². The van der Waals surface area contributed by atoms with Gasteiger partial charge in [0, 0.05) is 31.1 Å². The van der Waals surface area contributed by atoms with Crippen molar-refractivity contribution in [2.45, 2.75) is 25.9 Å². The van der Waals surface area contributed by atoms with Gasteiger partial charge in [-0.1, -0.05) is 6.07 Å². The molecule has 0 saturated heterocycles. The number of carbonyl (C=O) groups is 1. The van der Waals surface area contributed by atoms with Crippen LogP contribution in [0, 0.1) is 6.92 Å². The molecule has 1 aliphatic heterocycles. The smallest absolute Gasteiger partial charge is 0.333 e. The maximum Gasteiger partial charge on any atom is 0.333 e. The van der Waals surface area contributed by atoms with Crippen molar-refractivity contribution in [3.63, 3.8) is 0 Å². The SMILES string of the molecule is Cc1cccn2nc([C@H]3c4nc[nH]c4CCN3C(=O)c3nnc(-c4cnn(C(F)F)c4)o3)cc12. The second-order valence-electron chi connectivity index (χ2n) is 7.91. The number of fused-ring (bicyclic) bond motifs is 2. The number of amides is 1. The quantitative estimate of drug-likeness (QED) is 0.433. The Kier molecular flexibility index (Phi) is 4.50. The van der Waals surface area contributed by atoms with Crippen molar-refractivity contribution in [2.75, 3.05) is 6.54 Å². The minimum absolute atomic E-state index is 0.0763. The molecular weight excluding hydrogens is 448 g/mol. The van der Waals surface area contributed by atoms with Crippen molar-refractivity contribution in [1.82, 2.24) is 44.5 Å². The second kappa shape index (κ2) is 7.57. The molecule has 1 atom stereocenters. The number of nitrogens with zero attached hydrogens (tertiary/aromatic N) is 8. The molecule has 5 aromatic heterocycles. The van der Waals surface area contributed by atoms with Gasteiger partial charge in [-0.2, -0.15) is 19.0 Å². The van der Waals surface area contributed by atoms with E-state index in [0.29, 0.717) is 29.0 Å². The number of hydrogen-bond donors (Lipinski definition) is 1. The first-order valence-corrected chi connectivity index (χ1v) is 10.4. The number of H-pyrrole nitrogens is 1. The van der Waals surface area contributed by atoms with Crippen molar-refractivity contribution in [1.29, 1.82) is 0 Å². The molecule has 6 heterocycles. The number of hydrogen-bond acceptors (Lipinski definition) is 7. The van der Waals surface area contributed by atoms with Crippen LogP contribution in [0.4, 0.5) is 8.78 Å². The number of carbonyl (C=O) groups excluding carboxylic acids is 1. The lowest BCUT2D eigenvalue weighted by atomic mass is 9.99. The number of pyridine rings is 1. The molecule has 0 radical (unpaired) electrons. The zero-order valence-corrected chi connectivity index (χ0v) is 17.8. The van der Waals surface area contributed by atoms with Crippen LogP contribution < -0.4 is 0 Å². The Morgan fingerprint density at radius 3 is 3.00 bits per heavy atom. The average Bonchev–Trinajstić information content (AvgIpc) is 3.62. The summed E-state index contributed by atoms with van der Waals surface area (Å²) >= 11 is 0. The Labute approximate surface area is 190 Å². The van der Waals surface area contributed by atoms with Crippen LogP contribution in [0.2, 0.25) is 0 Å². The largest absolute Gasteiger partial charge is 0.412 e. The van der Waals surface area contributed by atoms with Crippen molar-refractivity contribution < 1.29 is 18.0 Å². The van der Waals surface area contributed by atoms with E-state index in [-0.39, 0.29) is 17.3 Å². The topological polar surface area (TPSA) is 123 Å². The number of alkyl halides is 2. The van der Waals surface area contributed by atoms with Gasteiger partial charge in [0.1, 0.15) is 6.04 Å². The third-order valence-corrected chi connectivity index (χ3v) is 5.85. The molecule has 0 saturated carbocycles. The van der Waals surface area contributed by atoms with Gasteiger partial charge in [-0.05, 0) is 24.6 Å². The molecule has 1 N–H and O–H groups in total. The number of rotatable bonds is 4. The first kappa shape index (κ1) is 20.2. The van der Waals surface area contributed by atoms with Gasteiger partial charge in [0.05, 0.1) is 35.0 Å². The van der Waals surface area contributed by atoms with Crippen molar-refractivity contribution >= 4 is 11.4 Å². The van der Waals surface area contributed by atoms with Gasteiger partial charge < -0.3 is 14.3 Å². The van der Waals surface area contributed by atoms with Crippen molar-refractivity contribution in [3.05, 3.63) is 71.7 Å². The lowest BCUT2D eigenvalue weighted by Crippen LogP contribution is -2.41. The summed E-state index contributed by atoms with van der Waals surface area (Å²) in [6.07, 6.45) is 6.25. The highest BCUT2D eigenvalue weighted by Crippen LogP contribution is 2.34. The number of aromatic amines is 1. The maximum absolute atomic E-state index is 13.5. The number of aryl methyl sites for hydroxylation is 1. The fourth-order valence-corrected chi connectivity index (χ4v) is 4.21. The van der Waals surface area contributed by atoms with E-state index in [1.54, 1.807) is 15.7 Å². The van der Waals surface area contributed by atoms with Crippen molar-refractivity contribution in [3.8, 4) is 11.5 Å². The minimum Gasteiger partial charge on any atom is -0.412 e. The Hall–Kier alpha value is -4.42. The van der Waals surface area contributed by atoms with Crippen molar-refractivity contribution in [2.24, 2.45) is 0 Å². The van der Waals surface area contributed by atoms with Gasteiger partial charge in [0.2, 0.25) is 0 Å². The lowest BCUT2D eigenvalue weighted by Gasteiger charge is -2.32. The monoisotopic (exact) mass is 465 g/mol. The number of imidazole rings is 1. The molecule has 6 rings (SSSR count). The predicted octanol–water partition coefficient (Wildman–Crippen LogP) is 2.80. The van der Waals surface area contributed by atoms with E-state index in [2.05, 4.69) is 25.3 Å². The van der Waals surface area contributed by atoms with Crippen LogP contribution >= 0.6 is 0 Å². The molecule has 172 valence electrons. The number of nitrogens with one attached hydrogen (secondary N) is 1. The van der Waals surface area contributed by atoms with Crippen LogP contribution in [0.15, 0.2) is 47.5 Å². The predicted molar refractivity (Wildman–Crippen MR) is 112 cm³/mol. The molecule has 11 nitrogen and oxygen atoms in total. The van der Waals surface area contributed by atoms with Gasteiger partial charge in [-0.25, -0.2) is 14.2 Å². The third-order valence-electron chi connectivity index (χ3n) is 5.85. The Morgan fingerprint density at radius 2 is 2.21 bits per heavy atom. The van der Waals surface area contributed by atoms with Crippen LogP contribution in [-0.4, -0.2) is 56.9 Å². The van der Waals surface area contributed by atoms with Crippen LogP contribution in [0.5, 0.6) is 0 Å². The second-order valence-corrected chi connectivity index (χ2v) is 7.91. The van der Waals surface area contributed by atoms with Gasteiger partial charge in [-0.15, -0.1) is 10.2 Å². The normalized spacial score (nSPS) is 15.9. The zero-order chi connectivity index (χ0) is 23.4. The van der Waals surface area contributed by atoms with Crippen LogP contribution in [0.3, 0.4) is 0 Å². The standard InChI is InChI=1S/C21H17F2N9O2/c1-11-3-2-5-31-15(11)7-14(29-31)17-16-13(24-10-25-16)4-6-30(17)20(33)19-28-27-18(34-19)12-8-26-32(9-12)21(22)23/h2-3,5,7-10,17,21H,4,6H2,1H3,(H,24,25)/t17-/m0/s1. The summed E-state index contributed by atoms with van der Waals surface area (Å²) in [5.74, 6) is -0.844. The first-order chi connectivity index (χ1) is 16.5. The molecular formula is C21H17F2N9O2. The molecule has 0 bridgehead atoms. The summed E-state index contributed by atoms with van der Waals surface area (Å²) in [5.41, 5.74) is 4.42. The van der Waals surface area contributed by atoms with E-state index in [1.807, 2.05) is 31.3 Å². The summed E-state index contributed by atoms with van der Waals surface area (Å²) < 4.78 is 33.4. The van der Waals surface area contributed by atoms with Gasteiger partial charge in [0.25, 0.3) is 5.89 Å². The van der Waals surface area contributed by atoms with E-state index in [0.717, 1.165) is 23.0 Å². The lowest BCUT2D eigenvalue weighted by molar-refractivity contribution is 0.0566. The molecule has 0 unspecified atom stereocenters. The highest BCUT2D eigenvalue weighted by molar-refractivity contribution is 5.90. The molecule has 1 amide bonds. The van der Waals surface area contributed by atoms with E-state index < -0.39 is 18.5 Å². The molecule has 13 heteroatoms. The molecule has 0 aliphatic carbocycles. The van der Waals surface area contributed by atoms with Crippen LogP contribution in [-0.2, 0) is 6.42 Å². The van der Waals surface area contributed by atoms with E-state index in [1.165, 1.54) is 6.20 Å². The summed E-state index contributed by atoms with van der Waals surface area (Å²) in [5, 5.41) is 16.0. The molecule has 1 aliphatic rings. The highest BCUT2D eigenvalue weighted by atomic mass is 19.3. The summed E-state index contributed by atoms with van der Waals surface area (Å²) in [4.78, 5) is 22.6. The fourth-order valence-electron chi connectivity index (χ4n) is 4.21. The van der Waals surface area contributed by atoms with Crippen LogP contribution in [0.25, 0.3) is 17.0 Å². The molecule has 5 aromatic rings. The Balaban J connectivity index is 1.37. The van der Waals surface area contributed by atoms with E-state index in [9.17, 15) is 13.6 Å². The average molecular weight is 465 g/mol. The molecule has 0 fully saturated rings. The third kappa shape index (κ3) is 3.16. The fraction of sp³-hybridized carbons (Fsp3) is 0.238. The summed E-state index contributed by atoms with van der Waals surface area (Å²) in [6.45, 7) is -0.447. The minimum atomic E-state index is -2.80. The molecule has 0 spiro atoms. The number of aromatic nitrogens is 8. The first-order valence-electron chi connectivity index (χ1n) is 10.4. The highest BCUT2D eigenvalue weighted by Gasteiger charge is 2.38. The summed E-state index contributed by atoms with van der Waals surface area (Å²) in [6, 6.07) is 5.25. The maximum atomic E-state index is 13.5. The Morgan fingerprint density at radius 1 is 1.32 bits per heavy atom. The Bertz CT molecular complexity index is 1520. The molecule has 0 aromatic carbocycles. The van der Waals surface area contributed by atoms with Gasteiger partial charge in [-0.3, -0.25) is 4.79 Å².